The Bertz CT molecular complexity index is 1070. The summed E-state index contributed by atoms with van der Waals surface area (Å²) in [5.74, 6) is 0. The van der Waals surface area contributed by atoms with Gasteiger partial charge in [-0.25, -0.2) is 0 Å². The second kappa shape index (κ2) is 4.72. The molecule has 0 saturated heterocycles. The van der Waals surface area contributed by atoms with E-state index in [0.29, 0.717) is 0 Å². The van der Waals surface area contributed by atoms with Crippen LogP contribution in [-0.4, -0.2) is 0 Å². The van der Waals surface area contributed by atoms with Gasteiger partial charge >= 0.3 is 0 Å². The van der Waals surface area contributed by atoms with Crippen molar-refractivity contribution in [2.75, 3.05) is 0 Å². The molecule has 0 saturated carbocycles. The highest BCUT2D eigenvalue weighted by atomic mass is 14.2. The van der Waals surface area contributed by atoms with Crippen molar-refractivity contribution in [2.24, 2.45) is 0 Å². The van der Waals surface area contributed by atoms with Gasteiger partial charge in [-0.2, -0.15) is 0 Å². The van der Waals surface area contributed by atoms with Gasteiger partial charge < -0.3 is 0 Å². The highest BCUT2D eigenvalue weighted by Crippen LogP contribution is 2.45. The third-order valence-electron chi connectivity index (χ3n) is 6.59. The minimum Gasteiger partial charge on any atom is -0.0511 e. The van der Waals surface area contributed by atoms with Crippen molar-refractivity contribution < 1.29 is 0 Å². The highest BCUT2D eigenvalue weighted by Gasteiger charge is 2.21. The molecule has 0 amide bonds. The zero-order valence-corrected chi connectivity index (χ0v) is 16.2. The van der Waals surface area contributed by atoms with Gasteiger partial charge in [0.2, 0.25) is 0 Å². The van der Waals surface area contributed by atoms with Crippen molar-refractivity contribution in [3.8, 4) is 0 Å². The fraction of sp³-hybridized carbons (Fsp3) is 0.333. The molecule has 24 heavy (non-hydrogen) atoms. The summed E-state index contributed by atoms with van der Waals surface area (Å²) >= 11 is 0. The summed E-state index contributed by atoms with van der Waals surface area (Å²) in [6.45, 7) is 18.3. The maximum absolute atomic E-state index is 2.38. The first kappa shape index (κ1) is 15.4. The van der Waals surface area contributed by atoms with Crippen LogP contribution in [-0.2, 0) is 0 Å². The number of rotatable bonds is 0. The predicted molar refractivity (Wildman–Crippen MR) is 108 cm³/mol. The number of benzene rings is 4. The summed E-state index contributed by atoms with van der Waals surface area (Å²) in [5, 5.41) is 8.80. The Morgan fingerprint density at radius 3 is 1.17 bits per heavy atom. The van der Waals surface area contributed by atoms with Crippen molar-refractivity contribution in [3.63, 3.8) is 0 Å². The minimum absolute atomic E-state index is 1.36. The van der Waals surface area contributed by atoms with Gasteiger partial charge in [0.05, 0.1) is 0 Å². The molecule has 0 aliphatic carbocycles. The third kappa shape index (κ3) is 1.64. The van der Waals surface area contributed by atoms with Crippen LogP contribution < -0.4 is 0 Å². The van der Waals surface area contributed by atoms with E-state index in [9.17, 15) is 0 Å². The van der Waals surface area contributed by atoms with E-state index in [2.05, 4.69) is 67.5 Å². The van der Waals surface area contributed by atoms with Gasteiger partial charge in [0.15, 0.2) is 0 Å². The van der Waals surface area contributed by atoms with Crippen LogP contribution in [0.3, 0.4) is 0 Å². The standard InChI is InChI=1S/C24H26/c1-11-9-19-13(3)17(7)21-15(5)12(2)16(6)22-18(8)14(4)20(10-11)23(19)24(21)22/h9-10H,1-8H3. The van der Waals surface area contributed by atoms with Crippen molar-refractivity contribution in [1.82, 2.24) is 0 Å². The lowest BCUT2D eigenvalue weighted by Crippen LogP contribution is -2.01. The maximum atomic E-state index is 2.38. The second-order valence-corrected chi connectivity index (χ2v) is 7.74. The zero-order chi connectivity index (χ0) is 17.5. The molecule has 0 unspecified atom stereocenters. The van der Waals surface area contributed by atoms with Crippen LogP contribution in [0.5, 0.6) is 0 Å². The second-order valence-electron chi connectivity index (χ2n) is 7.74. The molecule has 4 aromatic carbocycles. The normalized spacial score (nSPS) is 12.2. The van der Waals surface area contributed by atoms with Crippen LogP contribution in [0.15, 0.2) is 12.1 Å². The van der Waals surface area contributed by atoms with Crippen LogP contribution in [0.25, 0.3) is 32.3 Å². The van der Waals surface area contributed by atoms with Gasteiger partial charge in [-0.15, -0.1) is 0 Å². The maximum Gasteiger partial charge on any atom is -0.00155 e. The van der Waals surface area contributed by atoms with Crippen molar-refractivity contribution in [1.29, 1.82) is 0 Å². The monoisotopic (exact) mass is 314 g/mol. The first-order chi connectivity index (χ1) is 11.3. The molecule has 4 rings (SSSR count). The molecule has 0 N–H and O–H groups in total. The molecule has 0 nitrogen and oxygen atoms in total. The Kier molecular flexibility index (Phi) is 3.04. The smallest absolute Gasteiger partial charge is 0.00155 e. The van der Waals surface area contributed by atoms with E-state index >= 15 is 0 Å². The fourth-order valence-electron chi connectivity index (χ4n) is 4.77. The largest absolute Gasteiger partial charge is 0.0511 e. The van der Waals surface area contributed by atoms with Gasteiger partial charge in [-0.3, -0.25) is 0 Å². The molecule has 0 spiro atoms. The van der Waals surface area contributed by atoms with Crippen molar-refractivity contribution >= 4 is 32.3 Å². The lowest BCUT2D eigenvalue weighted by Gasteiger charge is -2.24. The summed E-state index contributed by atoms with van der Waals surface area (Å²) in [5.41, 5.74) is 11.5. The van der Waals surface area contributed by atoms with Gasteiger partial charge in [0.25, 0.3) is 0 Å². The Morgan fingerprint density at radius 2 is 0.750 bits per heavy atom. The van der Waals surface area contributed by atoms with Gasteiger partial charge in [0, 0.05) is 0 Å². The first-order valence-electron chi connectivity index (χ1n) is 8.90. The van der Waals surface area contributed by atoms with Crippen LogP contribution in [0.2, 0.25) is 0 Å². The van der Waals surface area contributed by atoms with E-state index < -0.39 is 0 Å². The summed E-state index contributed by atoms with van der Waals surface area (Å²) in [4.78, 5) is 0. The summed E-state index contributed by atoms with van der Waals surface area (Å²) < 4.78 is 0. The molecule has 0 heterocycles. The van der Waals surface area contributed by atoms with E-state index in [1.165, 1.54) is 76.8 Å². The molecule has 0 aromatic heterocycles. The van der Waals surface area contributed by atoms with E-state index in [4.69, 9.17) is 0 Å². The van der Waals surface area contributed by atoms with Crippen LogP contribution in [0, 0.1) is 55.4 Å². The molecular formula is C24H26. The van der Waals surface area contributed by atoms with E-state index in [0.717, 1.165) is 0 Å². The minimum atomic E-state index is 1.36. The third-order valence-corrected chi connectivity index (χ3v) is 6.59. The molecule has 0 atom stereocenters. The van der Waals surface area contributed by atoms with Crippen LogP contribution >= 0.6 is 0 Å². The molecule has 0 fully saturated rings. The summed E-state index contributed by atoms with van der Waals surface area (Å²) in [6.07, 6.45) is 0. The van der Waals surface area contributed by atoms with E-state index in [-0.39, 0.29) is 0 Å². The molecule has 0 aliphatic rings. The Hall–Kier alpha value is -2.08. The van der Waals surface area contributed by atoms with E-state index in [1.54, 1.807) is 0 Å². The SMILES string of the molecule is Cc1cc2c(C)c(C)c3c(C)c(C)c(C)c4c(C)c(C)c(c1)c2c34. The lowest BCUT2D eigenvalue weighted by atomic mass is 9.79. The molecular weight excluding hydrogens is 288 g/mol. The number of hydrogen-bond acceptors (Lipinski definition) is 0. The Morgan fingerprint density at radius 1 is 0.375 bits per heavy atom. The fourth-order valence-corrected chi connectivity index (χ4v) is 4.77. The van der Waals surface area contributed by atoms with Crippen molar-refractivity contribution in [2.45, 2.75) is 55.4 Å². The molecule has 0 heteroatoms. The average molecular weight is 314 g/mol. The van der Waals surface area contributed by atoms with Gasteiger partial charge in [0.1, 0.15) is 0 Å². The van der Waals surface area contributed by atoms with Gasteiger partial charge in [-0.05, 0) is 132 Å². The first-order valence-corrected chi connectivity index (χ1v) is 8.90. The number of hydrogen-bond donors (Lipinski definition) is 0. The van der Waals surface area contributed by atoms with Crippen molar-refractivity contribution in [3.05, 3.63) is 56.6 Å². The Labute approximate surface area is 144 Å². The van der Waals surface area contributed by atoms with Crippen LogP contribution in [0.1, 0.15) is 44.5 Å². The zero-order valence-electron chi connectivity index (χ0n) is 16.2. The van der Waals surface area contributed by atoms with E-state index in [1.807, 2.05) is 0 Å². The quantitative estimate of drug-likeness (QED) is 0.305. The highest BCUT2D eigenvalue weighted by molar-refractivity contribution is 6.27. The molecule has 0 aliphatic heterocycles. The van der Waals surface area contributed by atoms with Gasteiger partial charge in [-0.1, -0.05) is 12.1 Å². The predicted octanol–water partition coefficient (Wildman–Crippen LogP) is 7.05. The molecule has 4 aromatic rings. The summed E-state index contributed by atoms with van der Waals surface area (Å²) in [7, 11) is 0. The molecule has 0 bridgehead atoms. The molecule has 0 radical (unpaired) electrons. The lowest BCUT2D eigenvalue weighted by molar-refractivity contribution is 1.28. The topological polar surface area (TPSA) is 0 Å². The average Bonchev–Trinajstić information content (AvgIpc) is 2.54. The van der Waals surface area contributed by atoms with Crippen LogP contribution in [0.4, 0.5) is 0 Å². The summed E-state index contributed by atoms with van der Waals surface area (Å²) in [6, 6.07) is 4.76. The number of aryl methyl sites for hydroxylation is 7. The Balaban J connectivity index is 2.57. The molecule has 122 valence electrons.